The Labute approximate surface area is 219 Å². The van der Waals surface area contributed by atoms with Gasteiger partial charge in [-0.1, -0.05) is 41.4 Å². The molecule has 0 aliphatic carbocycles. The SMILES string of the molecule is COc1ccc(-n2c(SC(C)C(=O)Nc3ncc(Cl)cc3Cl)nnc2C(C)N2CCCCC2)cc1. The molecule has 1 aliphatic rings. The number of aromatic nitrogens is 4. The van der Waals surface area contributed by atoms with Gasteiger partial charge < -0.3 is 10.1 Å². The Hall–Kier alpha value is -2.33. The van der Waals surface area contributed by atoms with Crippen molar-refractivity contribution in [1.82, 2.24) is 24.6 Å². The van der Waals surface area contributed by atoms with Crippen molar-refractivity contribution in [2.24, 2.45) is 0 Å². The quantitative estimate of drug-likeness (QED) is 0.374. The molecular weight excluding hydrogens is 507 g/mol. The summed E-state index contributed by atoms with van der Waals surface area (Å²) in [5.74, 6) is 1.63. The number of pyridine rings is 1. The van der Waals surface area contributed by atoms with E-state index in [1.54, 1.807) is 7.11 Å². The third kappa shape index (κ3) is 6.09. The van der Waals surface area contributed by atoms with Gasteiger partial charge in [-0.2, -0.15) is 0 Å². The minimum atomic E-state index is -0.483. The number of rotatable bonds is 8. The van der Waals surface area contributed by atoms with E-state index in [4.69, 9.17) is 27.9 Å². The number of anilines is 1. The van der Waals surface area contributed by atoms with Gasteiger partial charge in [-0.05, 0) is 70.1 Å². The van der Waals surface area contributed by atoms with Gasteiger partial charge in [0.1, 0.15) is 5.75 Å². The number of thioether (sulfide) groups is 1. The number of hydrogen-bond donors (Lipinski definition) is 1. The molecule has 186 valence electrons. The average Bonchev–Trinajstić information content (AvgIpc) is 3.29. The Morgan fingerprint density at radius 2 is 1.83 bits per heavy atom. The molecule has 1 amide bonds. The van der Waals surface area contributed by atoms with Gasteiger partial charge in [0.2, 0.25) is 5.91 Å². The Morgan fingerprint density at radius 1 is 1.11 bits per heavy atom. The maximum atomic E-state index is 12.9. The average molecular weight is 536 g/mol. The summed E-state index contributed by atoms with van der Waals surface area (Å²) >= 11 is 13.4. The molecule has 0 radical (unpaired) electrons. The van der Waals surface area contributed by atoms with Crippen LogP contribution in [0.15, 0.2) is 41.7 Å². The molecule has 1 N–H and O–H groups in total. The van der Waals surface area contributed by atoms with Crippen LogP contribution in [0.1, 0.15) is 45.0 Å². The molecule has 35 heavy (non-hydrogen) atoms. The lowest BCUT2D eigenvalue weighted by Crippen LogP contribution is -2.33. The van der Waals surface area contributed by atoms with Crippen molar-refractivity contribution in [3.63, 3.8) is 0 Å². The molecule has 0 saturated carbocycles. The van der Waals surface area contributed by atoms with E-state index in [-0.39, 0.29) is 22.8 Å². The van der Waals surface area contributed by atoms with Crippen molar-refractivity contribution < 1.29 is 9.53 Å². The molecule has 1 aromatic carbocycles. The molecule has 1 saturated heterocycles. The number of carbonyl (C=O) groups excluding carboxylic acids is 1. The zero-order valence-electron chi connectivity index (χ0n) is 19.9. The number of benzene rings is 1. The summed E-state index contributed by atoms with van der Waals surface area (Å²) in [7, 11) is 1.64. The molecule has 2 atom stereocenters. The minimum absolute atomic E-state index is 0.0838. The molecule has 3 heterocycles. The molecule has 0 bridgehead atoms. The predicted molar refractivity (Wildman–Crippen MR) is 140 cm³/mol. The van der Waals surface area contributed by atoms with Crippen LogP contribution in [0.2, 0.25) is 10.0 Å². The Balaban J connectivity index is 1.60. The van der Waals surface area contributed by atoms with Crippen LogP contribution < -0.4 is 10.1 Å². The number of piperidine rings is 1. The third-order valence-electron chi connectivity index (χ3n) is 6.00. The molecule has 2 aromatic heterocycles. The first kappa shape index (κ1) is 25.8. The zero-order valence-corrected chi connectivity index (χ0v) is 22.2. The first-order chi connectivity index (χ1) is 16.9. The van der Waals surface area contributed by atoms with Gasteiger partial charge >= 0.3 is 0 Å². The Kier molecular flexibility index (Phi) is 8.54. The van der Waals surface area contributed by atoms with E-state index in [0.717, 1.165) is 30.4 Å². The van der Waals surface area contributed by atoms with Gasteiger partial charge in [-0.15, -0.1) is 10.2 Å². The molecule has 11 heteroatoms. The predicted octanol–water partition coefficient (Wildman–Crippen LogP) is 5.64. The second-order valence-corrected chi connectivity index (χ2v) is 10.5. The molecule has 8 nitrogen and oxygen atoms in total. The molecule has 2 unspecified atom stereocenters. The van der Waals surface area contributed by atoms with Crippen LogP contribution in [0.4, 0.5) is 5.82 Å². The van der Waals surface area contributed by atoms with Crippen molar-refractivity contribution >= 4 is 46.7 Å². The van der Waals surface area contributed by atoms with Crippen LogP contribution in [0.3, 0.4) is 0 Å². The maximum absolute atomic E-state index is 12.9. The Morgan fingerprint density at radius 3 is 2.49 bits per heavy atom. The number of halogens is 2. The summed E-state index contributed by atoms with van der Waals surface area (Å²) in [6.45, 7) is 6.04. The number of carbonyl (C=O) groups is 1. The molecule has 3 aromatic rings. The van der Waals surface area contributed by atoms with Crippen molar-refractivity contribution in [2.75, 3.05) is 25.5 Å². The van der Waals surface area contributed by atoms with Gasteiger partial charge in [-0.3, -0.25) is 14.3 Å². The molecule has 4 rings (SSSR count). The maximum Gasteiger partial charge on any atom is 0.238 e. The smallest absolute Gasteiger partial charge is 0.238 e. The molecule has 1 fully saturated rings. The normalized spacial score (nSPS) is 16.0. The van der Waals surface area contributed by atoms with Crippen molar-refractivity contribution in [2.45, 2.75) is 49.6 Å². The van der Waals surface area contributed by atoms with Crippen molar-refractivity contribution in [1.29, 1.82) is 0 Å². The van der Waals surface area contributed by atoms with Crippen LogP contribution in [-0.2, 0) is 4.79 Å². The largest absolute Gasteiger partial charge is 0.497 e. The highest BCUT2D eigenvalue weighted by Crippen LogP contribution is 2.32. The van der Waals surface area contributed by atoms with Crippen LogP contribution in [0, 0.1) is 0 Å². The third-order valence-corrected chi connectivity index (χ3v) is 7.54. The second kappa shape index (κ2) is 11.6. The van der Waals surface area contributed by atoms with Crippen LogP contribution in [0.25, 0.3) is 5.69 Å². The van der Waals surface area contributed by atoms with Crippen molar-refractivity contribution in [3.8, 4) is 11.4 Å². The summed E-state index contributed by atoms with van der Waals surface area (Å²) < 4.78 is 7.36. The molecular formula is C24H28Cl2N6O2S. The number of hydrogen-bond acceptors (Lipinski definition) is 7. The summed E-state index contributed by atoms with van der Waals surface area (Å²) in [4.78, 5) is 19.5. The highest BCUT2D eigenvalue weighted by atomic mass is 35.5. The van der Waals surface area contributed by atoms with E-state index in [1.165, 1.54) is 43.3 Å². The number of nitrogens with one attached hydrogen (secondary N) is 1. The zero-order chi connectivity index (χ0) is 24.9. The van der Waals surface area contributed by atoms with Gasteiger partial charge in [0.05, 0.1) is 28.4 Å². The lowest BCUT2D eigenvalue weighted by Gasteiger charge is -2.32. The lowest BCUT2D eigenvalue weighted by atomic mass is 10.1. The van der Waals surface area contributed by atoms with Gasteiger partial charge in [0.25, 0.3) is 0 Å². The summed E-state index contributed by atoms with van der Waals surface area (Å²) in [5.41, 5.74) is 0.909. The number of likely N-dealkylation sites (tertiary alicyclic amines) is 1. The van der Waals surface area contributed by atoms with E-state index in [0.29, 0.717) is 10.2 Å². The summed E-state index contributed by atoms with van der Waals surface area (Å²) in [6.07, 6.45) is 5.06. The minimum Gasteiger partial charge on any atom is -0.497 e. The van der Waals surface area contributed by atoms with Crippen LogP contribution >= 0.6 is 35.0 Å². The Bertz CT molecular complexity index is 1170. The van der Waals surface area contributed by atoms with Crippen LogP contribution in [-0.4, -0.2) is 56.0 Å². The van der Waals surface area contributed by atoms with E-state index in [1.807, 2.05) is 35.8 Å². The molecule has 0 spiro atoms. The fourth-order valence-corrected chi connectivity index (χ4v) is 5.31. The summed E-state index contributed by atoms with van der Waals surface area (Å²) in [5, 5.41) is 12.7. The van der Waals surface area contributed by atoms with Gasteiger partial charge in [0.15, 0.2) is 16.8 Å². The van der Waals surface area contributed by atoms with E-state index >= 15 is 0 Å². The topological polar surface area (TPSA) is 85.2 Å². The fourth-order valence-electron chi connectivity index (χ4n) is 4.01. The first-order valence-electron chi connectivity index (χ1n) is 11.5. The van der Waals surface area contributed by atoms with E-state index < -0.39 is 5.25 Å². The first-order valence-corrected chi connectivity index (χ1v) is 13.1. The highest BCUT2D eigenvalue weighted by molar-refractivity contribution is 8.00. The number of ether oxygens (including phenoxy) is 1. The number of methoxy groups -OCH3 is 1. The van der Waals surface area contributed by atoms with E-state index in [9.17, 15) is 4.79 Å². The highest BCUT2D eigenvalue weighted by Gasteiger charge is 2.27. The lowest BCUT2D eigenvalue weighted by molar-refractivity contribution is -0.115. The summed E-state index contributed by atoms with van der Waals surface area (Å²) in [6, 6.07) is 9.38. The van der Waals surface area contributed by atoms with Crippen molar-refractivity contribution in [3.05, 3.63) is 52.4 Å². The molecule has 1 aliphatic heterocycles. The monoisotopic (exact) mass is 534 g/mol. The van der Waals surface area contributed by atoms with Crippen LogP contribution in [0.5, 0.6) is 5.75 Å². The fraction of sp³-hybridized carbons (Fsp3) is 0.417. The van der Waals surface area contributed by atoms with E-state index in [2.05, 4.69) is 32.3 Å². The second-order valence-electron chi connectivity index (χ2n) is 8.38. The number of amides is 1. The standard InChI is InChI=1S/C24H28Cl2N6O2S/c1-15(31-11-5-4-6-12-31)22-29-30-24(32(22)18-7-9-19(34-3)10-8-18)35-16(2)23(33)28-21-20(26)13-17(25)14-27-21/h7-10,13-16H,4-6,11-12H2,1-3H3,(H,27,28,33). The van der Waals surface area contributed by atoms with Gasteiger partial charge in [-0.25, -0.2) is 4.98 Å². The number of nitrogens with zero attached hydrogens (tertiary/aromatic N) is 5. The van der Waals surface area contributed by atoms with Gasteiger partial charge in [0, 0.05) is 11.9 Å².